The quantitative estimate of drug-likeness (QED) is 0.564. The topological polar surface area (TPSA) is 49.9 Å². The van der Waals surface area contributed by atoms with Crippen LogP contribution in [0.4, 0.5) is 0 Å². The maximum Gasteiger partial charge on any atom is 0.260 e. The van der Waals surface area contributed by atoms with Crippen LogP contribution in [0.1, 0.15) is 17.3 Å². The van der Waals surface area contributed by atoms with Gasteiger partial charge in [0.25, 0.3) is 5.56 Å². The van der Waals surface area contributed by atoms with Crippen molar-refractivity contribution >= 4 is 63.3 Å². The average Bonchev–Trinajstić information content (AvgIpc) is 2.52. The second kappa shape index (κ2) is 6.81. The lowest BCUT2D eigenvalue weighted by atomic mass is 10.1. The molecule has 0 aliphatic rings. The minimum absolute atomic E-state index is 0.0617. The van der Waals surface area contributed by atoms with Crippen LogP contribution >= 0.6 is 46.6 Å². The molecule has 3 aromatic rings. The van der Waals surface area contributed by atoms with Crippen LogP contribution in [-0.2, 0) is 0 Å². The number of carbonyl (C=O) groups is 1. The molecule has 3 rings (SSSR count). The van der Waals surface area contributed by atoms with E-state index < -0.39 is 5.56 Å². The van der Waals surface area contributed by atoms with E-state index in [0.717, 1.165) is 4.90 Å². The van der Waals surface area contributed by atoms with Gasteiger partial charge in [0.1, 0.15) is 0 Å². The Morgan fingerprint density at radius 3 is 2.25 bits per heavy atom. The summed E-state index contributed by atoms with van der Waals surface area (Å²) in [5.41, 5.74) is -0.0159. The van der Waals surface area contributed by atoms with E-state index in [2.05, 4.69) is 4.98 Å². The van der Waals surface area contributed by atoms with Gasteiger partial charge < -0.3 is 4.98 Å². The van der Waals surface area contributed by atoms with Gasteiger partial charge in [0.15, 0.2) is 5.78 Å². The molecular weight excluding hydrogens is 389 g/mol. The number of nitrogens with one attached hydrogen (secondary N) is 1. The van der Waals surface area contributed by atoms with E-state index in [0.29, 0.717) is 30.9 Å². The maximum atomic E-state index is 12.4. The molecule has 0 amide bonds. The van der Waals surface area contributed by atoms with Gasteiger partial charge in [-0.1, -0.05) is 46.6 Å². The number of carbonyl (C=O) groups excluding carboxylic acids is 1. The molecule has 0 spiro atoms. The molecule has 24 heavy (non-hydrogen) atoms. The van der Waals surface area contributed by atoms with Gasteiger partial charge in [-0.2, -0.15) is 0 Å². The van der Waals surface area contributed by atoms with Gasteiger partial charge in [-0.25, -0.2) is 0 Å². The Morgan fingerprint density at radius 2 is 1.62 bits per heavy atom. The number of hydrogen-bond donors (Lipinski definition) is 1. The molecule has 0 bridgehead atoms. The molecule has 0 fully saturated rings. The third-order valence-corrected chi connectivity index (χ3v) is 5.41. The van der Waals surface area contributed by atoms with Gasteiger partial charge in [-0.05, 0) is 43.3 Å². The van der Waals surface area contributed by atoms with E-state index in [1.807, 2.05) is 12.1 Å². The van der Waals surface area contributed by atoms with E-state index in [1.165, 1.54) is 18.7 Å². The predicted molar refractivity (Wildman–Crippen MR) is 100 cm³/mol. The van der Waals surface area contributed by atoms with Gasteiger partial charge in [0.2, 0.25) is 0 Å². The minimum atomic E-state index is -0.490. The van der Waals surface area contributed by atoms with E-state index >= 15 is 0 Å². The molecule has 1 aromatic heterocycles. The van der Waals surface area contributed by atoms with Crippen LogP contribution < -0.4 is 5.56 Å². The summed E-state index contributed by atoms with van der Waals surface area (Å²) in [6.07, 6.45) is 0. The van der Waals surface area contributed by atoms with Gasteiger partial charge in [-0.3, -0.25) is 9.59 Å². The van der Waals surface area contributed by atoms with Crippen molar-refractivity contribution in [3.8, 4) is 0 Å². The Labute approximate surface area is 156 Å². The summed E-state index contributed by atoms with van der Waals surface area (Å²) in [5, 5.41) is 1.92. The van der Waals surface area contributed by atoms with E-state index in [4.69, 9.17) is 34.8 Å². The molecule has 0 saturated heterocycles. The number of fused-ring (bicyclic) bond motifs is 1. The summed E-state index contributed by atoms with van der Waals surface area (Å²) in [4.78, 5) is 28.4. The standard InChI is InChI=1S/C17H10Cl3NO2S/c1-8(22)13-16(24-10-4-2-9(18)3-5-10)14-11(19)6-7-12(20)15(14)21-17(13)23/h2-7H,1H3,(H,21,23). The van der Waals surface area contributed by atoms with E-state index in [-0.39, 0.29) is 11.3 Å². The van der Waals surface area contributed by atoms with Gasteiger partial charge in [0.05, 0.1) is 21.1 Å². The molecule has 122 valence electrons. The zero-order valence-corrected chi connectivity index (χ0v) is 15.4. The van der Waals surface area contributed by atoms with Crippen molar-refractivity contribution in [2.45, 2.75) is 16.7 Å². The number of Topliss-reactive ketones (excluding diaryl/α,β-unsaturated/α-hetero) is 1. The second-order valence-corrected chi connectivity index (χ2v) is 7.38. The highest BCUT2D eigenvalue weighted by atomic mass is 35.5. The predicted octanol–water partition coefficient (Wildman–Crippen LogP) is 5.84. The van der Waals surface area contributed by atoms with Crippen LogP contribution in [0.15, 0.2) is 51.0 Å². The fraction of sp³-hybridized carbons (Fsp3) is 0.0588. The highest BCUT2D eigenvalue weighted by Crippen LogP contribution is 2.40. The smallest absolute Gasteiger partial charge is 0.260 e. The molecule has 7 heteroatoms. The second-order valence-electron chi connectivity index (χ2n) is 5.05. The van der Waals surface area contributed by atoms with Crippen LogP contribution in [0.2, 0.25) is 15.1 Å². The highest BCUT2D eigenvalue weighted by molar-refractivity contribution is 7.99. The van der Waals surface area contributed by atoms with Gasteiger partial charge >= 0.3 is 0 Å². The number of hydrogen-bond acceptors (Lipinski definition) is 3. The lowest BCUT2D eigenvalue weighted by Crippen LogP contribution is -2.18. The Balaban J connectivity index is 2.35. The van der Waals surface area contributed by atoms with E-state index in [9.17, 15) is 9.59 Å². The lowest BCUT2D eigenvalue weighted by molar-refractivity contribution is 0.101. The first kappa shape index (κ1) is 17.4. The Morgan fingerprint density at radius 1 is 1.00 bits per heavy atom. The molecule has 0 atom stereocenters. The zero-order chi connectivity index (χ0) is 17.4. The Kier molecular flexibility index (Phi) is 4.92. The molecule has 3 nitrogen and oxygen atoms in total. The highest BCUT2D eigenvalue weighted by Gasteiger charge is 2.20. The number of H-pyrrole nitrogens is 1. The summed E-state index contributed by atoms with van der Waals surface area (Å²) >= 11 is 19.7. The number of rotatable bonds is 3. The summed E-state index contributed by atoms with van der Waals surface area (Å²) in [6.45, 7) is 1.35. The maximum absolute atomic E-state index is 12.4. The molecule has 2 aromatic carbocycles. The van der Waals surface area contributed by atoms with Crippen molar-refractivity contribution in [3.63, 3.8) is 0 Å². The van der Waals surface area contributed by atoms with Crippen molar-refractivity contribution in [1.29, 1.82) is 0 Å². The third kappa shape index (κ3) is 3.20. The molecule has 0 saturated carbocycles. The first-order valence-corrected chi connectivity index (χ1v) is 8.82. The van der Waals surface area contributed by atoms with Crippen LogP contribution in [0, 0.1) is 0 Å². The third-order valence-electron chi connectivity index (χ3n) is 3.41. The molecule has 0 aliphatic carbocycles. The SMILES string of the molecule is CC(=O)c1c(Sc2ccc(Cl)cc2)c2c(Cl)ccc(Cl)c2[nH]c1=O. The van der Waals surface area contributed by atoms with E-state index in [1.54, 1.807) is 24.3 Å². The van der Waals surface area contributed by atoms with Gasteiger partial charge in [-0.15, -0.1) is 0 Å². The molecule has 0 radical (unpaired) electrons. The zero-order valence-electron chi connectivity index (χ0n) is 12.3. The lowest BCUT2D eigenvalue weighted by Gasteiger charge is -2.12. The first-order chi connectivity index (χ1) is 11.4. The van der Waals surface area contributed by atoms with Crippen LogP contribution in [0.3, 0.4) is 0 Å². The largest absolute Gasteiger partial charge is 0.320 e. The van der Waals surface area contributed by atoms with Crippen molar-refractivity contribution in [2.24, 2.45) is 0 Å². The summed E-state index contributed by atoms with van der Waals surface area (Å²) < 4.78 is 0. The number of benzene rings is 2. The fourth-order valence-corrected chi connectivity index (χ4v) is 4.14. The number of halogens is 3. The monoisotopic (exact) mass is 397 g/mol. The molecular formula is C17H10Cl3NO2S. The number of ketones is 1. The van der Waals surface area contributed by atoms with Crippen LogP contribution in [0.5, 0.6) is 0 Å². The molecule has 1 N–H and O–H groups in total. The van der Waals surface area contributed by atoms with Crippen molar-refractivity contribution in [3.05, 3.63) is 67.4 Å². The number of aromatic nitrogens is 1. The van der Waals surface area contributed by atoms with Gasteiger partial charge in [0, 0.05) is 20.2 Å². The minimum Gasteiger partial charge on any atom is -0.320 e. The average molecular weight is 399 g/mol. The molecule has 0 aliphatic heterocycles. The molecule has 1 heterocycles. The Bertz CT molecular complexity index is 1010. The summed E-state index contributed by atoms with van der Waals surface area (Å²) in [7, 11) is 0. The molecule has 0 unspecified atom stereocenters. The van der Waals surface area contributed by atoms with Crippen molar-refractivity contribution in [1.82, 2.24) is 4.98 Å². The van der Waals surface area contributed by atoms with Crippen molar-refractivity contribution in [2.75, 3.05) is 0 Å². The van der Waals surface area contributed by atoms with Crippen molar-refractivity contribution < 1.29 is 4.79 Å². The first-order valence-electron chi connectivity index (χ1n) is 6.87. The number of pyridine rings is 1. The Hall–Kier alpha value is -1.46. The number of aromatic amines is 1. The van der Waals surface area contributed by atoms with Crippen LogP contribution in [-0.4, -0.2) is 10.8 Å². The summed E-state index contributed by atoms with van der Waals surface area (Å²) in [6, 6.07) is 10.3. The van der Waals surface area contributed by atoms with Crippen LogP contribution in [0.25, 0.3) is 10.9 Å². The summed E-state index contributed by atoms with van der Waals surface area (Å²) in [5.74, 6) is -0.342. The fourth-order valence-electron chi connectivity index (χ4n) is 2.34. The normalized spacial score (nSPS) is 11.0.